The van der Waals surface area contributed by atoms with Crippen molar-refractivity contribution in [3.8, 4) is 6.01 Å². The molecule has 0 unspecified atom stereocenters. The van der Waals surface area contributed by atoms with Gasteiger partial charge in [0.05, 0.1) is 22.8 Å². The van der Waals surface area contributed by atoms with E-state index in [-0.39, 0.29) is 17.9 Å². The van der Waals surface area contributed by atoms with E-state index in [4.69, 9.17) is 33.8 Å². The second-order valence-electron chi connectivity index (χ2n) is 3.34. The standard InChI is InChI=1S/C10H10Cl2N6O/c1-19-10-16-8(15-9(17-10)18-13)14-7-5(11)3-2-4-6(7)12/h2-4H,13H2,1H3,(H2,14,15,16,17,18). The van der Waals surface area contributed by atoms with Gasteiger partial charge in [0.2, 0.25) is 11.9 Å². The molecule has 0 amide bonds. The lowest BCUT2D eigenvalue weighted by molar-refractivity contribution is 0.379. The van der Waals surface area contributed by atoms with Gasteiger partial charge < -0.3 is 10.1 Å². The number of nitrogen functional groups attached to an aromatic ring is 1. The Labute approximate surface area is 119 Å². The highest BCUT2D eigenvalue weighted by molar-refractivity contribution is 6.39. The van der Waals surface area contributed by atoms with Gasteiger partial charge in [-0.1, -0.05) is 29.3 Å². The molecule has 0 radical (unpaired) electrons. The lowest BCUT2D eigenvalue weighted by atomic mass is 10.3. The predicted molar refractivity (Wildman–Crippen MR) is 73.9 cm³/mol. The maximum Gasteiger partial charge on any atom is 0.322 e. The topological polar surface area (TPSA) is 98.0 Å². The maximum atomic E-state index is 6.04. The summed E-state index contributed by atoms with van der Waals surface area (Å²) in [7, 11) is 1.43. The number of hydrogen-bond donors (Lipinski definition) is 3. The van der Waals surface area contributed by atoms with Crippen molar-refractivity contribution in [2.75, 3.05) is 17.9 Å². The Morgan fingerprint density at radius 3 is 2.32 bits per heavy atom. The molecule has 1 aromatic carbocycles. The molecule has 0 saturated carbocycles. The summed E-state index contributed by atoms with van der Waals surface area (Å²) < 4.78 is 4.93. The van der Waals surface area contributed by atoms with Crippen LogP contribution in [0.2, 0.25) is 10.0 Å². The highest BCUT2D eigenvalue weighted by atomic mass is 35.5. The van der Waals surface area contributed by atoms with Crippen molar-refractivity contribution in [2.45, 2.75) is 0 Å². The number of aromatic nitrogens is 3. The maximum absolute atomic E-state index is 6.04. The van der Waals surface area contributed by atoms with Crippen LogP contribution in [0.4, 0.5) is 17.6 Å². The Morgan fingerprint density at radius 2 is 1.74 bits per heavy atom. The first-order valence-corrected chi connectivity index (χ1v) is 5.87. The molecule has 0 bridgehead atoms. The average Bonchev–Trinajstić information content (AvgIpc) is 2.42. The smallest absolute Gasteiger partial charge is 0.322 e. The van der Waals surface area contributed by atoms with Crippen molar-refractivity contribution in [1.82, 2.24) is 15.0 Å². The van der Waals surface area contributed by atoms with Gasteiger partial charge in [0.15, 0.2) is 0 Å². The van der Waals surface area contributed by atoms with E-state index in [9.17, 15) is 0 Å². The number of hydrazine groups is 1. The van der Waals surface area contributed by atoms with Crippen LogP contribution in [-0.4, -0.2) is 22.1 Å². The molecule has 4 N–H and O–H groups in total. The molecule has 2 aromatic rings. The molecule has 19 heavy (non-hydrogen) atoms. The summed E-state index contributed by atoms with van der Waals surface area (Å²) in [5, 5.41) is 3.77. The Balaban J connectivity index is 2.37. The van der Waals surface area contributed by atoms with Crippen molar-refractivity contribution in [2.24, 2.45) is 5.84 Å². The molecule has 0 spiro atoms. The zero-order chi connectivity index (χ0) is 13.8. The fourth-order valence-corrected chi connectivity index (χ4v) is 1.79. The van der Waals surface area contributed by atoms with Crippen LogP contribution in [0.3, 0.4) is 0 Å². The number of halogens is 2. The second-order valence-corrected chi connectivity index (χ2v) is 4.15. The summed E-state index contributed by atoms with van der Waals surface area (Å²) in [6.07, 6.45) is 0. The first-order chi connectivity index (χ1) is 9.13. The van der Waals surface area contributed by atoms with Gasteiger partial charge >= 0.3 is 6.01 Å². The monoisotopic (exact) mass is 300 g/mol. The molecule has 100 valence electrons. The average molecular weight is 301 g/mol. The minimum absolute atomic E-state index is 0.105. The first kappa shape index (κ1) is 13.6. The number of methoxy groups -OCH3 is 1. The zero-order valence-corrected chi connectivity index (χ0v) is 11.3. The largest absolute Gasteiger partial charge is 0.467 e. The summed E-state index contributed by atoms with van der Waals surface area (Å²) in [5.41, 5.74) is 2.80. The van der Waals surface area contributed by atoms with E-state index < -0.39 is 0 Å². The van der Waals surface area contributed by atoms with E-state index in [1.54, 1.807) is 18.2 Å². The molecule has 0 atom stereocenters. The van der Waals surface area contributed by atoms with Gasteiger partial charge in [0, 0.05) is 0 Å². The van der Waals surface area contributed by atoms with Gasteiger partial charge in [-0.15, -0.1) is 0 Å². The molecule has 0 aliphatic rings. The number of benzene rings is 1. The molecule has 0 fully saturated rings. The molecule has 0 saturated heterocycles. The highest BCUT2D eigenvalue weighted by Crippen LogP contribution is 2.31. The number of anilines is 3. The predicted octanol–water partition coefficient (Wildman–Crippen LogP) is 2.22. The van der Waals surface area contributed by atoms with E-state index >= 15 is 0 Å². The normalized spacial score (nSPS) is 10.1. The van der Waals surface area contributed by atoms with Crippen LogP contribution in [0.5, 0.6) is 6.01 Å². The lowest BCUT2D eigenvalue weighted by Crippen LogP contribution is -2.13. The quantitative estimate of drug-likeness (QED) is 0.588. The van der Waals surface area contributed by atoms with Crippen molar-refractivity contribution in [3.05, 3.63) is 28.2 Å². The van der Waals surface area contributed by atoms with Crippen LogP contribution in [0.15, 0.2) is 18.2 Å². The number of rotatable bonds is 4. The number of hydrogen-bond acceptors (Lipinski definition) is 7. The summed E-state index contributed by atoms with van der Waals surface area (Å²) in [6, 6.07) is 5.22. The van der Waals surface area contributed by atoms with Crippen LogP contribution >= 0.6 is 23.2 Å². The van der Waals surface area contributed by atoms with Crippen LogP contribution < -0.4 is 21.3 Å². The Morgan fingerprint density at radius 1 is 1.11 bits per heavy atom. The summed E-state index contributed by atoms with van der Waals surface area (Å²) in [5.74, 6) is 5.61. The van der Waals surface area contributed by atoms with E-state index in [0.717, 1.165) is 0 Å². The fraction of sp³-hybridized carbons (Fsp3) is 0.100. The van der Waals surface area contributed by atoms with Crippen molar-refractivity contribution < 1.29 is 4.74 Å². The van der Waals surface area contributed by atoms with Crippen molar-refractivity contribution >= 4 is 40.8 Å². The number of nitrogens with zero attached hydrogens (tertiary/aromatic N) is 3. The minimum atomic E-state index is 0.105. The molecular formula is C10H10Cl2N6O. The molecular weight excluding hydrogens is 291 g/mol. The molecule has 0 aliphatic carbocycles. The highest BCUT2D eigenvalue weighted by Gasteiger charge is 2.10. The summed E-state index contributed by atoms with van der Waals surface area (Å²) in [6.45, 7) is 0. The third-order valence-corrected chi connectivity index (χ3v) is 2.76. The molecule has 9 heteroatoms. The Hall–Kier alpha value is -1.83. The number of nitrogens with one attached hydrogen (secondary N) is 2. The van der Waals surface area contributed by atoms with E-state index in [1.165, 1.54) is 7.11 Å². The third kappa shape index (κ3) is 3.14. The Kier molecular flexibility index (Phi) is 4.20. The van der Waals surface area contributed by atoms with Gasteiger partial charge in [-0.3, -0.25) is 5.43 Å². The van der Waals surface area contributed by atoms with Gasteiger partial charge in [0.1, 0.15) is 0 Å². The third-order valence-electron chi connectivity index (χ3n) is 2.13. The molecule has 1 aromatic heterocycles. The second kappa shape index (κ2) is 5.87. The van der Waals surface area contributed by atoms with Crippen LogP contribution in [0.25, 0.3) is 0 Å². The van der Waals surface area contributed by atoms with Crippen LogP contribution in [0, 0.1) is 0 Å². The zero-order valence-electron chi connectivity index (χ0n) is 9.82. The molecule has 1 heterocycles. The van der Waals surface area contributed by atoms with E-state index in [2.05, 4.69) is 25.7 Å². The minimum Gasteiger partial charge on any atom is -0.467 e. The number of nitrogens with two attached hydrogens (primary N) is 1. The van der Waals surface area contributed by atoms with Gasteiger partial charge in [-0.05, 0) is 12.1 Å². The molecule has 0 aliphatic heterocycles. The van der Waals surface area contributed by atoms with Gasteiger partial charge in [0.25, 0.3) is 0 Å². The summed E-state index contributed by atoms with van der Waals surface area (Å²) in [4.78, 5) is 11.9. The van der Waals surface area contributed by atoms with Crippen LogP contribution in [-0.2, 0) is 0 Å². The van der Waals surface area contributed by atoms with Gasteiger partial charge in [-0.25, -0.2) is 5.84 Å². The first-order valence-electron chi connectivity index (χ1n) is 5.11. The SMILES string of the molecule is COc1nc(NN)nc(Nc2c(Cl)cccc2Cl)n1. The van der Waals surface area contributed by atoms with Crippen LogP contribution in [0.1, 0.15) is 0 Å². The lowest BCUT2D eigenvalue weighted by Gasteiger charge is -2.10. The molecule has 7 nitrogen and oxygen atoms in total. The Bertz CT molecular complexity index is 552. The summed E-state index contributed by atoms with van der Waals surface area (Å²) >= 11 is 12.1. The van der Waals surface area contributed by atoms with Gasteiger partial charge in [-0.2, -0.15) is 15.0 Å². The van der Waals surface area contributed by atoms with E-state index in [1.807, 2.05) is 0 Å². The number of para-hydroxylation sites is 1. The van der Waals surface area contributed by atoms with Crippen molar-refractivity contribution in [3.63, 3.8) is 0 Å². The van der Waals surface area contributed by atoms with Crippen molar-refractivity contribution in [1.29, 1.82) is 0 Å². The number of ether oxygens (including phenoxy) is 1. The fourth-order valence-electron chi connectivity index (χ4n) is 1.30. The van der Waals surface area contributed by atoms with E-state index in [0.29, 0.717) is 15.7 Å². The molecule has 2 rings (SSSR count).